The highest BCUT2D eigenvalue weighted by Crippen LogP contribution is 2.24. The van der Waals surface area contributed by atoms with Crippen LogP contribution in [0.2, 0.25) is 0 Å². The summed E-state index contributed by atoms with van der Waals surface area (Å²) < 4.78 is 16.3. The van der Waals surface area contributed by atoms with E-state index < -0.39 is 0 Å². The smallest absolute Gasteiger partial charge is 0.137 e. The summed E-state index contributed by atoms with van der Waals surface area (Å²) >= 11 is 0. The van der Waals surface area contributed by atoms with E-state index in [1.807, 2.05) is 40.9 Å². The van der Waals surface area contributed by atoms with Crippen molar-refractivity contribution in [2.75, 3.05) is 0 Å². The summed E-state index contributed by atoms with van der Waals surface area (Å²) in [6.07, 6.45) is 3.57. The third-order valence-corrected chi connectivity index (χ3v) is 3.45. The van der Waals surface area contributed by atoms with Gasteiger partial charge in [-0.2, -0.15) is 0 Å². The standard InChI is InChI=1S/C17H18FN3/c1-12(2)20-11-13-6-7-14(15(18)10-13)16-4-3-5-17-19-8-9-21(16)17/h3-10,12,20H,11H2,1-2H3. The van der Waals surface area contributed by atoms with E-state index in [9.17, 15) is 4.39 Å². The van der Waals surface area contributed by atoms with Gasteiger partial charge in [-0.05, 0) is 29.8 Å². The molecule has 3 rings (SSSR count). The highest BCUT2D eigenvalue weighted by atomic mass is 19.1. The van der Waals surface area contributed by atoms with Gasteiger partial charge in [0.15, 0.2) is 0 Å². The van der Waals surface area contributed by atoms with Crippen LogP contribution in [0.25, 0.3) is 16.9 Å². The van der Waals surface area contributed by atoms with E-state index in [-0.39, 0.29) is 5.82 Å². The second kappa shape index (κ2) is 5.66. The maximum Gasteiger partial charge on any atom is 0.137 e. The van der Waals surface area contributed by atoms with Crippen molar-refractivity contribution in [3.05, 3.63) is 60.2 Å². The number of imidazole rings is 1. The van der Waals surface area contributed by atoms with Crippen LogP contribution >= 0.6 is 0 Å². The molecule has 108 valence electrons. The van der Waals surface area contributed by atoms with Gasteiger partial charge in [0.2, 0.25) is 0 Å². The van der Waals surface area contributed by atoms with E-state index in [4.69, 9.17) is 0 Å². The fourth-order valence-electron chi connectivity index (χ4n) is 2.37. The van der Waals surface area contributed by atoms with E-state index in [2.05, 4.69) is 24.1 Å². The van der Waals surface area contributed by atoms with Gasteiger partial charge in [-0.15, -0.1) is 0 Å². The van der Waals surface area contributed by atoms with E-state index in [0.29, 0.717) is 18.2 Å². The molecule has 0 radical (unpaired) electrons. The fourth-order valence-corrected chi connectivity index (χ4v) is 2.37. The Kier molecular flexibility index (Phi) is 3.71. The topological polar surface area (TPSA) is 29.3 Å². The first-order valence-corrected chi connectivity index (χ1v) is 7.09. The molecule has 0 bridgehead atoms. The Bertz CT molecular complexity index is 762. The van der Waals surface area contributed by atoms with Crippen molar-refractivity contribution in [3.63, 3.8) is 0 Å². The Hall–Kier alpha value is -2.20. The van der Waals surface area contributed by atoms with Crippen molar-refractivity contribution in [2.24, 2.45) is 0 Å². The monoisotopic (exact) mass is 283 g/mol. The van der Waals surface area contributed by atoms with Gasteiger partial charge in [-0.3, -0.25) is 4.40 Å². The van der Waals surface area contributed by atoms with Crippen molar-refractivity contribution >= 4 is 5.65 Å². The average molecular weight is 283 g/mol. The van der Waals surface area contributed by atoms with Crippen molar-refractivity contribution in [1.29, 1.82) is 0 Å². The van der Waals surface area contributed by atoms with Crippen molar-refractivity contribution in [2.45, 2.75) is 26.4 Å². The molecule has 0 atom stereocenters. The fraction of sp³-hybridized carbons (Fsp3) is 0.235. The average Bonchev–Trinajstić information content (AvgIpc) is 2.94. The van der Waals surface area contributed by atoms with Crippen LogP contribution in [0.1, 0.15) is 19.4 Å². The van der Waals surface area contributed by atoms with E-state index >= 15 is 0 Å². The minimum absolute atomic E-state index is 0.209. The Labute approximate surface area is 123 Å². The molecule has 3 aromatic rings. The summed E-state index contributed by atoms with van der Waals surface area (Å²) in [5.74, 6) is -0.209. The zero-order chi connectivity index (χ0) is 14.8. The number of nitrogens with zero attached hydrogens (tertiary/aromatic N) is 2. The van der Waals surface area contributed by atoms with E-state index in [0.717, 1.165) is 16.9 Å². The Balaban J connectivity index is 1.98. The maximum atomic E-state index is 14.4. The van der Waals surface area contributed by atoms with Crippen LogP contribution in [0.5, 0.6) is 0 Å². The number of hydrogen-bond donors (Lipinski definition) is 1. The van der Waals surface area contributed by atoms with E-state index in [1.54, 1.807) is 12.3 Å². The first-order chi connectivity index (χ1) is 10.1. The second-order valence-corrected chi connectivity index (χ2v) is 5.42. The van der Waals surface area contributed by atoms with Gasteiger partial charge in [0.1, 0.15) is 11.5 Å². The number of rotatable bonds is 4. The zero-order valence-electron chi connectivity index (χ0n) is 12.2. The number of benzene rings is 1. The summed E-state index contributed by atoms with van der Waals surface area (Å²) in [6.45, 7) is 4.82. The van der Waals surface area contributed by atoms with Gasteiger partial charge >= 0.3 is 0 Å². The summed E-state index contributed by atoms with van der Waals surface area (Å²) in [5.41, 5.74) is 3.16. The van der Waals surface area contributed by atoms with Gasteiger partial charge in [0.25, 0.3) is 0 Å². The molecular weight excluding hydrogens is 265 g/mol. The molecule has 0 amide bonds. The van der Waals surface area contributed by atoms with E-state index in [1.165, 1.54) is 0 Å². The van der Waals surface area contributed by atoms with Crippen LogP contribution in [0.15, 0.2) is 48.8 Å². The molecule has 0 aliphatic rings. The largest absolute Gasteiger partial charge is 0.310 e. The molecule has 0 saturated heterocycles. The number of halogens is 1. The van der Waals surface area contributed by atoms with Gasteiger partial charge in [0.05, 0.1) is 5.69 Å². The summed E-state index contributed by atoms with van der Waals surface area (Å²) in [6, 6.07) is 11.5. The van der Waals surface area contributed by atoms with Crippen LogP contribution in [0, 0.1) is 5.82 Å². The lowest BCUT2D eigenvalue weighted by Gasteiger charge is -2.11. The minimum Gasteiger partial charge on any atom is -0.310 e. The molecule has 0 aliphatic carbocycles. The van der Waals surface area contributed by atoms with Crippen LogP contribution < -0.4 is 5.32 Å². The van der Waals surface area contributed by atoms with Gasteiger partial charge < -0.3 is 5.32 Å². The van der Waals surface area contributed by atoms with Crippen LogP contribution in [0.4, 0.5) is 4.39 Å². The molecular formula is C17H18FN3. The number of aromatic nitrogens is 2. The lowest BCUT2D eigenvalue weighted by atomic mass is 10.1. The summed E-state index contributed by atoms with van der Waals surface area (Å²) in [7, 11) is 0. The third-order valence-electron chi connectivity index (χ3n) is 3.45. The lowest BCUT2D eigenvalue weighted by molar-refractivity contribution is 0.582. The van der Waals surface area contributed by atoms with Crippen LogP contribution in [-0.2, 0) is 6.54 Å². The molecule has 0 fully saturated rings. The summed E-state index contributed by atoms with van der Waals surface area (Å²) in [4.78, 5) is 4.23. The second-order valence-electron chi connectivity index (χ2n) is 5.42. The maximum absolute atomic E-state index is 14.4. The van der Waals surface area contributed by atoms with Crippen molar-refractivity contribution < 1.29 is 4.39 Å². The third kappa shape index (κ3) is 2.81. The molecule has 0 aliphatic heterocycles. The molecule has 2 heterocycles. The quantitative estimate of drug-likeness (QED) is 0.792. The van der Waals surface area contributed by atoms with Gasteiger partial charge in [0, 0.05) is 30.5 Å². The van der Waals surface area contributed by atoms with Gasteiger partial charge in [-0.25, -0.2) is 9.37 Å². The minimum atomic E-state index is -0.209. The predicted molar refractivity (Wildman–Crippen MR) is 82.6 cm³/mol. The SMILES string of the molecule is CC(C)NCc1ccc(-c2cccc3nccn23)c(F)c1. The molecule has 0 saturated carbocycles. The molecule has 1 aromatic carbocycles. The molecule has 2 aromatic heterocycles. The number of nitrogens with one attached hydrogen (secondary N) is 1. The molecule has 1 N–H and O–H groups in total. The zero-order valence-corrected chi connectivity index (χ0v) is 12.2. The normalized spacial score (nSPS) is 11.4. The number of pyridine rings is 1. The molecule has 4 heteroatoms. The first kappa shape index (κ1) is 13.8. The van der Waals surface area contributed by atoms with Crippen molar-refractivity contribution in [3.8, 4) is 11.3 Å². The Morgan fingerprint density at radius 3 is 2.86 bits per heavy atom. The van der Waals surface area contributed by atoms with Crippen molar-refractivity contribution in [1.82, 2.24) is 14.7 Å². The lowest BCUT2D eigenvalue weighted by Crippen LogP contribution is -2.21. The van der Waals surface area contributed by atoms with Crippen LogP contribution in [-0.4, -0.2) is 15.4 Å². The highest BCUT2D eigenvalue weighted by molar-refractivity contribution is 5.64. The molecule has 0 spiro atoms. The Morgan fingerprint density at radius 2 is 2.10 bits per heavy atom. The molecule has 21 heavy (non-hydrogen) atoms. The summed E-state index contributed by atoms with van der Waals surface area (Å²) in [5, 5.41) is 3.29. The van der Waals surface area contributed by atoms with Crippen LogP contribution in [0.3, 0.4) is 0 Å². The Morgan fingerprint density at radius 1 is 1.24 bits per heavy atom. The molecule has 3 nitrogen and oxygen atoms in total. The highest BCUT2D eigenvalue weighted by Gasteiger charge is 2.09. The molecule has 0 unspecified atom stereocenters. The predicted octanol–water partition coefficient (Wildman–Crippen LogP) is 3.64. The van der Waals surface area contributed by atoms with Gasteiger partial charge in [-0.1, -0.05) is 26.0 Å². The first-order valence-electron chi connectivity index (χ1n) is 7.09. The number of hydrogen-bond acceptors (Lipinski definition) is 2. The number of fused-ring (bicyclic) bond motifs is 1.